The maximum atomic E-state index is 13.0. The summed E-state index contributed by atoms with van der Waals surface area (Å²) in [7, 11) is 0. The molecule has 3 saturated carbocycles. The number of carbonyl (C=O) groups excluding carboxylic acids is 3. The quantitative estimate of drug-likeness (QED) is 0.606. The lowest BCUT2D eigenvalue weighted by Gasteiger charge is -2.59. The van der Waals surface area contributed by atoms with Crippen LogP contribution in [-0.4, -0.2) is 35.4 Å². The van der Waals surface area contributed by atoms with Gasteiger partial charge in [0.25, 0.3) is 0 Å². The van der Waals surface area contributed by atoms with Gasteiger partial charge >= 0.3 is 5.97 Å². The Bertz CT molecular complexity index is 1040. The topological polar surface area (TPSA) is 97.4 Å². The first-order valence-electron chi connectivity index (χ1n) is 13.2. The summed E-state index contributed by atoms with van der Waals surface area (Å²) in [6.07, 6.45) is 12.6. The Morgan fingerprint density at radius 2 is 1.97 bits per heavy atom. The number of carbonyl (C=O) groups is 3. The third kappa shape index (κ3) is 4.17. The molecule has 1 aromatic rings. The number of hydrogen-bond acceptors (Lipinski definition) is 5. The van der Waals surface area contributed by atoms with Crippen molar-refractivity contribution in [2.75, 3.05) is 11.9 Å². The van der Waals surface area contributed by atoms with Crippen molar-refractivity contribution >= 4 is 23.6 Å². The van der Waals surface area contributed by atoms with E-state index >= 15 is 0 Å². The molecule has 7 heteroatoms. The zero-order valence-corrected chi connectivity index (χ0v) is 21.0. The van der Waals surface area contributed by atoms with E-state index in [1.807, 2.05) is 0 Å². The van der Waals surface area contributed by atoms with Gasteiger partial charge in [-0.05, 0) is 92.7 Å². The lowest BCUT2D eigenvalue weighted by molar-refractivity contribution is -0.123. The van der Waals surface area contributed by atoms with Crippen molar-refractivity contribution in [3.05, 3.63) is 36.0 Å². The summed E-state index contributed by atoms with van der Waals surface area (Å²) in [4.78, 5) is 41.0. The molecular formula is C28H37N3O4. The number of nitrogens with zero attached hydrogens (tertiary/aromatic N) is 1. The predicted octanol–water partition coefficient (Wildman–Crippen LogP) is 4.50. The maximum Gasteiger partial charge on any atom is 0.339 e. The van der Waals surface area contributed by atoms with E-state index in [2.05, 4.69) is 35.5 Å². The van der Waals surface area contributed by atoms with Gasteiger partial charge in [-0.2, -0.15) is 0 Å². The first-order chi connectivity index (χ1) is 16.7. The highest BCUT2D eigenvalue weighted by Crippen LogP contribution is 2.65. The molecular weight excluding hydrogens is 442 g/mol. The number of esters is 1. The number of hydrogen-bond donors (Lipinski definition) is 2. The van der Waals surface area contributed by atoms with Crippen LogP contribution in [0.15, 0.2) is 30.5 Å². The summed E-state index contributed by atoms with van der Waals surface area (Å²) in [5, 5.41) is 6.16. The van der Waals surface area contributed by atoms with Crippen LogP contribution in [0.2, 0.25) is 0 Å². The number of ether oxygens (including phenoxy) is 1. The second-order valence-corrected chi connectivity index (χ2v) is 11.4. The molecule has 0 spiro atoms. The summed E-state index contributed by atoms with van der Waals surface area (Å²) in [6.45, 7) is 6.83. The Hall–Kier alpha value is -2.70. The maximum absolute atomic E-state index is 13.0. The van der Waals surface area contributed by atoms with E-state index in [1.165, 1.54) is 12.6 Å². The minimum Gasteiger partial charge on any atom is -0.462 e. The Kier molecular flexibility index (Phi) is 6.22. The summed E-state index contributed by atoms with van der Waals surface area (Å²) in [5.74, 6) is 2.32. The van der Waals surface area contributed by atoms with E-state index in [0.29, 0.717) is 48.1 Å². The minimum atomic E-state index is -0.410. The fraction of sp³-hybridized carbons (Fsp3) is 0.643. The first kappa shape index (κ1) is 24.0. The smallest absolute Gasteiger partial charge is 0.339 e. The number of fused-ring (bicyclic) bond motifs is 5. The Labute approximate surface area is 207 Å². The molecule has 0 bridgehead atoms. The fourth-order valence-corrected chi connectivity index (χ4v) is 8.00. The first-order valence-corrected chi connectivity index (χ1v) is 13.2. The van der Waals surface area contributed by atoms with Crippen molar-refractivity contribution < 1.29 is 19.1 Å². The minimum absolute atomic E-state index is 0.0102. The molecule has 0 saturated heterocycles. The fourth-order valence-electron chi connectivity index (χ4n) is 8.00. The van der Waals surface area contributed by atoms with Crippen LogP contribution in [0.4, 0.5) is 5.82 Å². The standard InChI is InChI=1S/C28H37N3O4/c1-4-35-26(34)17-5-10-23(29-16-17)31-25(33)15-18-6-8-20-19-7-9-22-28(3,14-12-24(32)30-22)21(19)11-13-27(18,20)2/h5,10,12,14,16,18-22H,4,6-9,11,13,15H2,1-3H3,(H,30,32)(H,29,31,33)/t18-,19+,20+,21+,22-,27-,28-/m1/s1. The van der Waals surface area contributed by atoms with Crippen LogP contribution in [0.25, 0.3) is 0 Å². The van der Waals surface area contributed by atoms with Gasteiger partial charge in [-0.3, -0.25) is 9.59 Å². The summed E-state index contributed by atoms with van der Waals surface area (Å²) >= 11 is 0. The van der Waals surface area contributed by atoms with Crippen molar-refractivity contribution in [3.63, 3.8) is 0 Å². The lowest BCUT2D eigenvalue weighted by Crippen LogP contribution is -2.59. The molecule has 3 fully saturated rings. The van der Waals surface area contributed by atoms with Crippen LogP contribution in [-0.2, 0) is 14.3 Å². The molecule has 2 amide bonds. The molecule has 1 aromatic heterocycles. The zero-order valence-electron chi connectivity index (χ0n) is 21.0. The molecule has 1 aliphatic heterocycles. The van der Waals surface area contributed by atoms with E-state index in [1.54, 1.807) is 25.1 Å². The highest BCUT2D eigenvalue weighted by atomic mass is 16.5. The molecule has 4 aliphatic rings. The summed E-state index contributed by atoms with van der Waals surface area (Å²) in [5.41, 5.74) is 0.586. The number of aromatic nitrogens is 1. The molecule has 0 unspecified atom stereocenters. The van der Waals surface area contributed by atoms with Gasteiger partial charge in [0, 0.05) is 24.1 Å². The number of anilines is 1. The van der Waals surface area contributed by atoms with Gasteiger partial charge in [0.05, 0.1) is 12.2 Å². The average Bonchev–Trinajstić information content (AvgIpc) is 3.16. The van der Waals surface area contributed by atoms with Gasteiger partial charge in [0.1, 0.15) is 5.82 Å². The highest BCUT2D eigenvalue weighted by Gasteiger charge is 2.59. The van der Waals surface area contributed by atoms with Crippen LogP contribution in [0.1, 0.15) is 76.1 Å². The molecule has 35 heavy (non-hydrogen) atoms. The van der Waals surface area contributed by atoms with E-state index in [0.717, 1.165) is 32.1 Å². The van der Waals surface area contributed by atoms with E-state index in [-0.39, 0.29) is 28.7 Å². The van der Waals surface area contributed by atoms with Gasteiger partial charge < -0.3 is 15.4 Å². The van der Waals surface area contributed by atoms with Crippen molar-refractivity contribution in [1.82, 2.24) is 10.3 Å². The van der Waals surface area contributed by atoms with Crippen molar-refractivity contribution in [2.45, 2.75) is 71.8 Å². The van der Waals surface area contributed by atoms with E-state index in [4.69, 9.17) is 4.74 Å². The lowest BCUT2D eigenvalue weighted by atomic mass is 9.48. The number of pyridine rings is 1. The van der Waals surface area contributed by atoms with Gasteiger partial charge in [0.2, 0.25) is 11.8 Å². The molecule has 0 radical (unpaired) electrons. The normalized spacial score (nSPS) is 37.5. The summed E-state index contributed by atoms with van der Waals surface area (Å²) in [6, 6.07) is 3.54. The molecule has 0 aromatic carbocycles. The molecule has 3 aliphatic carbocycles. The third-order valence-electron chi connectivity index (χ3n) is 9.86. The average molecular weight is 480 g/mol. The van der Waals surface area contributed by atoms with Crippen molar-refractivity contribution in [3.8, 4) is 0 Å². The van der Waals surface area contributed by atoms with Gasteiger partial charge in [-0.25, -0.2) is 9.78 Å². The zero-order chi connectivity index (χ0) is 24.8. The van der Waals surface area contributed by atoms with Crippen molar-refractivity contribution in [2.24, 2.45) is 34.5 Å². The van der Waals surface area contributed by atoms with Crippen LogP contribution < -0.4 is 10.6 Å². The van der Waals surface area contributed by atoms with Gasteiger partial charge in [-0.15, -0.1) is 0 Å². The number of rotatable bonds is 5. The van der Waals surface area contributed by atoms with Gasteiger partial charge in [-0.1, -0.05) is 19.9 Å². The summed E-state index contributed by atoms with van der Waals surface area (Å²) < 4.78 is 4.99. The van der Waals surface area contributed by atoms with Crippen LogP contribution >= 0.6 is 0 Å². The Morgan fingerprint density at radius 1 is 1.14 bits per heavy atom. The molecule has 188 valence electrons. The third-order valence-corrected chi connectivity index (χ3v) is 9.86. The number of nitrogens with one attached hydrogen (secondary N) is 2. The molecule has 2 heterocycles. The number of amides is 2. The molecule has 5 rings (SSSR count). The van der Waals surface area contributed by atoms with Crippen LogP contribution in [0.5, 0.6) is 0 Å². The van der Waals surface area contributed by atoms with E-state index < -0.39 is 5.97 Å². The Morgan fingerprint density at radius 3 is 2.71 bits per heavy atom. The Balaban J connectivity index is 1.24. The second kappa shape index (κ2) is 9.07. The largest absolute Gasteiger partial charge is 0.462 e. The van der Waals surface area contributed by atoms with Crippen LogP contribution in [0.3, 0.4) is 0 Å². The van der Waals surface area contributed by atoms with Crippen molar-refractivity contribution in [1.29, 1.82) is 0 Å². The molecule has 7 nitrogen and oxygen atoms in total. The second-order valence-electron chi connectivity index (χ2n) is 11.4. The van der Waals surface area contributed by atoms with E-state index in [9.17, 15) is 14.4 Å². The van der Waals surface area contributed by atoms with Gasteiger partial charge in [0.15, 0.2) is 0 Å². The highest BCUT2D eigenvalue weighted by molar-refractivity contribution is 5.92. The van der Waals surface area contributed by atoms with Crippen LogP contribution in [0, 0.1) is 34.5 Å². The molecule has 2 N–H and O–H groups in total. The monoisotopic (exact) mass is 479 g/mol. The SMILES string of the molecule is CCOC(=O)c1ccc(NC(=O)C[C@H]2CC[C@H]3[C@@H]4CC[C@H]5NC(=O)C=C[C@]5(C)[C@H]4CC[C@]23C)nc1. The predicted molar refractivity (Wildman–Crippen MR) is 132 cm³/mol. The molecule has 7 atom stereocenters.